The number of hydrogen-bond acceptors (Lipinski definition) is 5. The van der Waals surface area contributed by atoms with Gasteiger partial charge in [-0.3, -0.25) is 19.4 Å². The van der Waals surface area contributed by atoms with E-state index in [4.69, 9.17) is 4.74 Å². The Labute approximate surface area is 154 Å². The van der Waals surface area contributed by atoms with Gasteiger partial charge >= 0.3 is 0 Å². The van der Waals surface area contributed by atoms with Crippen molar-refractivity contribution in [3.05, 3.63) is 42.0 Å². The molecule has 0 aromatic carbocycles. The maximum absolute atomic E-state index is 11.0. The summed E-state index contributed by atoms with van der Waals surface area (Å²) in [6.45, 7) is 7.88. The van der Waals surface area contributed by atoms with Gasteiger partial charge in [0.2, 0.25) is 5.91 Å². The molecule has 0 radical (unpaired) electrons. The SMILES string of the molecule is CCCn1cc(CN2CCC(Oc3ccnc(CNC(C)=O)c3)C2)cn1. The summed E-state index contributed by atoms with van der Waals surface area (Å²) >= 11 is 0. The molecule has 2 aromatic heterocycles. The normalized spacial score (nSPS) is 17.4. The number of pyridine rings is 1. The summed E-state index contributed by atoms with van der Waals surface area (Å²) in [5, 5.41) is 7.15. The summed E-state index contributed by atoms with van der Waals surface area (Å²) in [4.78, 5) is 17.7. The number of nitrogens with one attached hydrogen (secondary N) is 1. The third-order valence-corrected chi connectivity index (χ3v) is 4.38. The van der Waals surface area contributed by atoms with Crippen LogP contribution in [0.1, 0.15) is 37.9 Å². The molecule has 1 atom stereocenters. The van der Waals surface area contributed by atoms with Crippen LogP contribution in [-0.2, 0) is 24.4 Å². The van der Waals surface area contributed by atoms with E-state index in [1.54, 1.807) is 6.20 Å². The summed E-state index contributed by atoms with van der Waals surface area (Å²) in [5.74, 6) is 0.745. The molecule has 3 rings (SSSR count). The summed E-state index contributed by atoms with van der Waals surface area (Å²) < 4.78 is 8.13. The first-order valence-electron chi connectivity index (χ1n) is 9.22. The van der Waals surface area contributed by atoms with E-state index in [-0.39, 0.29) is 12.0 Å². The second-order valence-electron chi connectivity index (χ2n) is 6.77. The molecule has 0 aliphatic carbocycles. The molecule has 3 heterocycles. The van der Waals surface area contributed by atoms with Crippen LogP contribution in [-0.4, -0.2) is 44.8 Å². The number of likely N-dealkylation sites (tertiary alicyclic amines) is 1. The highest BCUT2D eigenvalue weighted by atomic mass is 16.5. The molecule has 1 unspecified atom stereocenters. The number of carbonyl (C=O) groups excluding carboxylic acids is 1. The number of ether oxygens (including phenoxy) is 1. The van der Waals surface area contributed by atoms with Crippen LogP contribution in [0.4, 0.5) is 0 Å². The van der Waals surface area contributed by atoms with Crippen LogP contribution in [0.2, 0.25) is 0 Å². The van der Waals surface area contributed by atoms with Gasteiger partial charge in [-0.15, -0.1) is 0 Å². The molecule has 1 fully saturated rings. The van der Waals surface area contributed by atoms with Gasteiger partial charge < -0.3 is 10.1 Å². The highest BCUT2D eigenvalue weighted by molar-refractivity contribution is 5.72. The Morgan fingerprint density at radius 1 is 1.46 bits per heavy atom. The zero-order chi connectivity index (χ0) is 18.4. The van der Waals surface area contributed by atoms with Crippen molar-refractivity contribution >= 4 is 5.91 Å². The Morgan fingerprint density at radius 3 is 3.15 bits per heavy atom. The predicted octanol–water partition coefficient (Wildman–Crippen LogP) is 1.98. The molecular formula is C19H27N5O2. The lowest BCUT2D eigenvalue weighted by Crippen LogP contribution is -2.24. The molecule has 1 saturated heterocycles. The van der Waals surface area contributed by atoms with Gasteiger partial charge in [-0.1, -0.05) is 6.92 Å². The Kier molecular flexibility index (Phi) is 6.22. The van der Waals surface area contributed by atoms with E-state index in [1.165, 1.54) is 12.5 Å². The molecule has 1 amide bonds. The maximum Gasteiger partial charge on any atom is 0.217 e. The van der Waals surface area contributed by atoms with Gasteiger partial charge in [0.15, 0.2) is 0 Å². The number of aromatic nitrogens is 3. The fourth-order valence-electron chi connectivity index (χ4n) is 3.17. The average molecular weight is 357 g/mol. The molecular weight excluding hydrogens is 330 g/mol. The lowest BCUT2D eigenvalue weighted by molar-refractivity contribution is -0.119. The number of hydrogen-bond donors (Lipinski definition) is 1. The van der Waals surface area contributed by atoms with Crippen molar-refractivity contribution in [2.24, 2.45) is 0 Å². The minimum absolute atomic E-state index is 0.0631. The van der Waals surface area contributed by atoms with Crippen molar-refractivity contribution in [1.82, 2.24) is 25.0 Å². The standard InChI is InChI=1S/C19H27N5O2/c1-3-7-24-13-16(10-22-24)12-23-8-5-19(14-23)26-18-4-6-20-17(9-18)11-21-15(2)25/h4,6,9-10,13,19H,3,5,7-8,11-12,14H2,1-2H3,(H,21,25). The first kappa shape index (κ1) is 18.4. The highest BCUT2D eigenvalue weighted by Crippen LogP contribution is 2.20. The van der Waals surface area contributed by atoms with Gasteiger partial charge in [0.25, 0.3) is 0 Å². The number of carbonyl (C=O) groups is 1. The van der Waals surface area contributed by atoms with Gasteiger partial charge in [-0.25, -0.2) is 0 Å². The highest BCUT2D eigenvalue weighted by Gasteiger charge is 2.24. The van der Waals surface area contributed by atoms with E-state index >= 15 is 0 Å². The lowest BCUT2D eigenvalue weighted by atomic mass is 10.3. The number of nitrogens with zero attached hydrogens (tertiary/aromatic N) is 4. The van der Waals surface area contributed by atoms with Gasteiger partial charge in [0.1, 0.15) is 11.9 Å². The lowest BCUT2D eigenvalue weighted by Gasteiger charge is -2.16. The molecule has 1 N–H and O–H groups in total. The Hall–Kier alpha value is -2.41. The van der Waals surface area contributed by atoms with Crippen LogP contribution in [0.3, 0.4) is 0 Å². The topological polar surface area (TPSA) is 72.3 Å². The van der Waals surface area contributed by atoms with Crippen LogP contribution in [0, 0.1) is 0 Å². The van der Waals surface area contributed by atoms with E-state index in [0.717, 1.165) is 50.5 Å². The third-order valence-electron chi connectivity index (χ3n) is 4.38. The molecule has 0 bridgehead atoms. The first-order chi connectivity index (χ1) is 12.6. The van der Waals surface area contributed by atoms with Crippen molar-refractivity contribution in [1.29, 1.82) is 0 Å². The fourth-order valence-corrected chi connectivity index (χ4v) is 3.17. The van der Waals surface area contributed by atoms with Crippen LogP contribution in [0.15, 0.2) is 30.7 Å². The Balaban J connectivity index is 1.49. The van der Waals surface area contributed by atoms with Gasteiger partial charge in [-0.05, 0) is 18.9 Å². The second-order valence-corrected chi connectivity index (χ2v) is 6.77. The molecule has 7 heteroatoms. The zero-order valence-corrected chi connectivity index (χ0v) is 15.5. The van der Waals surface area contributed by atoms with Gasteiger partial charge in [-0.2, -0.15) is 5.10 Å². The van der Waals surface area contributed by atoms with Crippen LogP contribution in [0.25, 0.3) is 0 Å². The minimum atomic E-state index is -0.0631. The third kappa shape index (κ3) is 5.29. The summed E-state index contributed by atoms with van der Waals surface area (Å²) in [5.41, 5.74) is 2.05. The van der Waals surface area contributed by atoms with Crippen molar-refractivity contribution in [2.45, 2.75) is 52.4 Å². The maximum atomic E-state index is 11.0. The first-order valence-corrected chi connectivity index (χ1v) is 9.22. The predicted molar refractivity (Wildman–Crippen MR) is 98.6 cm³/mol. The molecule has 26 heavy (non-hydrogen) atoms. The molecule has 2 aromatic rings. The van der Waals surface area contributed by atoms with E-state index < -0.39 is 0 Å². The number of rotatable bonds is 8. The van der Waals surface area contributed by atoms with E-state index in [9.17, 15) is 4.79 Å². The number of amides is 1. The molecule has 0 saturated carbocycles. The van der Waals surface area contributed by atoms with E-state index in [0.29, 0.717) is 6.54 Å². The second kappa shape index (κ2) is 8.80. The Bertz CT molecular complexity index is 730. The average Bonchev–Trinajstić information content (AvgIpc) is 3.24. The van der Waals surface area contributed by atoms with Gasteiger partial charge in [0.05, 0.1) is 18.4 Å². The monoisotopic (exact) mass is 357 g/mol. The van der Waals surface area contributed by atoms with Crippen molar-refractivity contribution < 1.29 is 9.53 Å². The van der Waals surface area contributed by atoms with E-state index in [1.807, 2.05) is 23.0 Å². The van der Waals surface area contributed by atoms with E-state index in [2.05, 4.69) is 33.4 Å². The number of aryl methyl sites for hydroxylation is 1. The quantitative estimate of drug-likeness (QED) is 0.782. The van der Waals surface area contributed by atoms with Crippen molar-refractivity contribution in [3.8, 4) is 5.75 Å². The van der Waals surface area contributed by atoms with Crippen molar-refractivity contribution in [3.63, 3.8) is 0 Å². The molecule has 140 valence electrons. The largest absolute Gasteiger partial charge is 0.489 e. The fraction of sp³-hybridized carbons (Fsp3) is 0.526. The molecule has 1 aliphatic rings. The molecule has 0 spiro atoms. The van der Waals surface area contributed by atoms with Crippen molar-refractivity contribution in [2.75, 3.05) is 13.1 Å². The smallest absolute Gasteiger partial charge is 0.217 e. The minimum Gasteiger partial charge on any atom is -0.489 e. The summed E-state index contributed by atoms with van der Waals surface area (Å²) in [6.07, 6.45) is 8.09. The summed E-state index contributed by atoms with van der Waals surface area (Å²) in [6, 6.07) is 3.77. The van der Waals surface area contributed by atoms with Crippen LogP contribution in [0.5, 0.6) is 5.75 Å². The molecule has 7 nitrogen and oxygen atoms in total. The van der Waals surface area contributed by atoms with Gasteiger partial charge in [0, 0.05) is 57.1 Å². The van der Waals surface area contributed by atoms with Crippen LogP contribution < -0.4 is 10.1 Å². The van der Waals surface area contributed by atoms with Crippen LogP contribution >= 0.6 is 0 Å². The summed E-state index contributed by atoms with van der Waals surface area (Å²) in [7, 11) is 0. The molecule has 1 aliphatic heterocycles. The zero-order valence-electron chi connectivity index (χ0n) is 15.5. The Morgan fingerprint density at radius 2 is 2.35 bits per heavy atom.